The topological polar surface area (TPSA) is 66.8 Å². The van der Waals surface area contributed by atoms with Crippen LogP contribution in [-0.4, -0.2) is 41.6 Å². The third kappa shape index (κ3) is 3.61. The average molecular weight is 331 g/mol. The van der Waals surface area contributed by atoms with Crippen LogP contribution < -0.4 is 0 Å². The van der Waals surface area contributed by atoms with Crippen LogP contribution >= 0.6 is 0 Å². The van der Waals surface area contributed by atoms with Gasteiger partial charge in [0.2, 0.25) is 5.91 Å². The van der Waals surface area contributed by atoms with E-state index in [0.717, 1.165) is 18.4 Å². The number of aliphatic carboxylic acids is 1. The third-order valence-electron chi connectivity index (χ3n) is 5.20. The van der Waals surface area contributed by atoms with Crippen LogP contribution in [0.25, 0.3) is 0 Å². The van der Waals surface area contributed by atoms with E-state index in [1.54, 1.807) is 0 Å². The minimum atomic E-state index is -0.749. The molecule has 1 aromatic carbocycles. The summed E-state index contributed by atoms with van der Waals surface area (Å²) in [5, 5.41) is 9.10. The lowest BCUT2D eigenvalue weighted by atomic mass is 9.87. The van der Waals surface area contributed by atoms with Gasteiger partial charge >= 0.3 is 5.97 Å². The van der Waals surface area contributed by atoms with E-state index in [2.05, 4.69) is 0 Å². The Balaban J connectivity index is 1.70. The van der Waals surface area contributed by atoms with E-state index < -0.39 is 5.97 Å². The molecule has 0 aromatic heterocycles. The van der Waals surface area contributed by atoms with Crippen LogP contribution in [0.2, 0.25) is 0 Å². The molecule has 2 atom stereocenters. The Morgan fingerprint density at radius 2 is 1.79 bits per heavy atom. The number of carboxylic acid groups (broad SMARTS) is 1. The molecule has 0 unspecified atom stereocenters. The normalized spacial score (nSPS) is 25.5. The van der Waals surface area contributed by atoms with Gasteiger partial charge in [-0.05, 0) is 38.2 Å². The molecule has 5 nitrogen and oxygen atoms in total. The lowest BCUT2D eigenvalue weighted by Crippen LogP contribution is -2.45. The van der Waals surface area contributed by atoms with Gasteiger partial charge in [-0.15, -0.1) is 0 Å². The predicted octanol–water partition coefficient (Wildman–Crippen LogP) is 2.79. The molecule has 24 heavy (non-hydrogen) atoms. The van der Waals surface area contributed by atoms with Gasteiger partial charge in [-0.25, -0.2) is 0 Å². The maximum absolute atomic E-state index is 13.0. The van der Waals surface area contributed by atoms with E-state index in [9.17, 15) is 9.59 Å². The number of hydrogen-bond donors (Lipinski definition) is 1. The van der Waals surface area contributed by atoms with Gasteiger partial charge < -0.3 is 14.7 Å². The van der Waals surface area contributed by atoms with Crippen molar-refractivity contribution in [1.29, 1.82) is 0 Å². The SMILES string of the molecule is Cc1ccc([C@H]2OCCC[C@H]2C(=O)N2CCC(C(=O)O)CC2)cc1. The molecule has 2 aliphatic rings. The van der Waals surface area contributed by atoms with E-state index in [1.807, 2.05) is 36.1 Å². The van der Waals surface area contributed by atoms with Gasteiger partial charge in [0, 0.05) is 19.7 Å². The standard InChI is InChI=1S/C19H25NO4/c1-13-4-6-14(7-5-13)17-16(3-2-12-24-17)18(21)20-10-8-15(9-11-20)19(22)23/h4-7,15-17H,2-3,8-12H2,1H3,(H,22,23)/t16-,17-/m1/s1. The minimum Gasteiger partial charge on any atom is -0.481 e. The number of amides is 1. The fourth-order valence-corrected chi connectivity index (χ4v) is 3.70. The molecule has 0 aliphatic carbocycles. The highest BCUT2D eigenvalue weighted by Gasteiger charge is 2.37. The first kappa shape index (κ1) is 17.0. The Labute approximate surface area is 142 Å². The van der Waals surface area contributed by atoms with Crippen LogP contribution in [0.5, 0.6) is 0 Å². The van der Waals surface area contributed by atoms with Crippen LogP contribution in [0.15, 0.2) is 24.3 Å². The Hall–Kier alpha value is -1.88. The van der Waals surface area contributed by atoms with E-state index >= 15 is 0 Å². The quantitative estimate of drug-likeness (QED) is 0.925. The van der Waals surface area contributed by atoms with Crippen molar-refractivity contribution in [2.75, 3.05) is 19.7 Å². The molecule has 1 aromatic rings. The van der Waals surface area contributed by atoms with Crippen molar-refractivity contribution in [3.05, 3.63) is 35.4 Å². The highest BCUT2D eigenvalue weighted by atomic mass is 16.5. The molecule has 2 fully saturated rings. The molecule has 5 heteroatoms. The Kier molecular flexibility index (Phi) is 5.19. The number of carboxylic acids is 1. The summed E-state index contributed by atoms with van der Waals surface area (Å²) in [5.41, 5.74) is 2.24. The van der Waals surface area contributed by atoms with Crippen LogP contribution in [0.3, 0.4) is 0 Å². The number of piperidine rings is 1. The van der Waals surface area contributed by atoms with E-state index in [0.29, 0.717) is 32.5 Å². The van der Waals surface area contributed by atoms with Crippen molar-refractivity contribution >= 4 is 11.9 Å². The highest BCUT2D eigenvalue weighted by Crippen LogP contribution is 2.35. The Morgan fingerprint density at radius 3 is 2.42 bits per heavy atom. The number of benzene rings is 1. The molecule has 1 amide bonds. The maximum atomic E-state index is 13.0. The lowest BCUT2D eigenvalue weighted by molar-refractivity contribution is -0.151. The number of ether oxygens (including phenoxy) is 1. The zero-order valence-electron chi connectivity index (χ0n) is 14.1. The van der Waals surface area contributed by atoms with Gasteiger partial charge in [0.25, 0.3) is 0 Å². The van der Waals surface area contributed by atoms with Gasteiger partial charge in [0.15, 0.2) is 0 Å². The molecule has 3 rings (SSSR count). The van der Waals surface area contributed by atoms with Gasteiger partial charge in [0.1, 0.15) is 0 Å². The molecular weight excluding hydrogens is 306 g/mol. The molecule has 0 saturated carbocycles. The number of hydrogen-bond acceptors (Lipinski definition) is 3. The van der Waals surface area contributed by atoms with Gasteiger partial charge in [-0.2, -0.15) is 0 Å². The van der Waals surface area contributed by atoms with E-state index in [-0.39, 0.29) is 23.8 Å². The molecule has 0 spiro atoms. The number of aryl methyl sites for hydroxylation is 1. The maximum Gasteiger partial charge on any atom is 0.306 e. The molecule has 2 heterocycles. The second kappa shape index (κ2) is 7.34. The summed E-state index contributed by atoms with van der Waals surface area (Å²) in [6, 6.07) is 8.19. The molecule has 0 bridgehead atoms. The van der Waals surface area contributed by atoms with Crippen LogP contribution in [0.4, 0.5) is 0 Å². The third-order valence-corrected chi connectivity index (χ3v) is 5.20. The predicted molar refractivity (Wildman–Crippen MR) is 89.5 cm³/mol. The zero-order valence-corrected chi connectivity index (χ0v) is 14.1. The second-order valence-electron chi connectivity index (χ2n) is 6.89. The summed E-state index contributed by atoms with van der Waals surface area (Å²) in [5.74, 6) is -1.11. The number of rotatable bonds is 3. The van der Waals surface area contributed by atoms with Crippen molar-refractivity contribution in [2.45, 2.75) is 38.7 Å². The molecule has 1 N–H and O–H groups in total. The smallest absolute Gasteiger partial charge is 0.306 e. The Morgan fingerprint density at radius 1 is 1.12 bits per heavy atom. The molecule has 2 aliphatic heterocycles. The van der Waals surface area contributed by atoms with Gasteiger partial charge in [-0.1, -0.05) is 29.8 Å². The van der Waals surface area contributed by atoms with Crippen molar-refractivity contribution in [2.24, 2.45) is 11.8 Å². The van der Waals surface area contributed by atoms with Crippen molar-refractivity contribution in [3.8, 4) is 0 Å². The van der Waals surface area contributed by atoms with Crippen molar-refractivity contribution in [3.63, 3.8) is 0 Å². The summed E-state index contributed by atoms with van der Waals surface area (Å²) >= 11 is 0. The second-order valence-corrected chi connectivity index (χ2v) is 6.89. The first-order chi connectivity index (χ1) is 11.6. The van der Waals surface area contributed by atoms with Crippen LogP contribution in [0, 0.1) is 18.8 Å². The molecule has 2 saturated heterocycles. The first-order valence-electron chi connectivity index (χ1n) is 8.76. The van der Waals surface area contributed by atoms with Crippen LogP contribution in [-0.2, 0) is 14.3 Å². The van der Waals surface area contributed by atoms with E-state index in [4.69, 9.17) is 9.84 Å². The number of carbonyl (C=O) groups is 2. The summed E-state index contributed by atoms with van der Waals surface area (Å²) in [6.45, 7) is 3.80. The lowest BCUT2D eigenvalue weighted by Gasteiger charge is -2.37. The summed E-state index contributed by atoms with van der Waals surface area (Å²) in [4.78, 5) is 25.9. The summed E-state index contributed by atoms with van der Waals surface area (Å²) in [6.07, 6.45) is 2.62. The monoisotopic (exact) mass is 331 g/mol. The number of likely N-dealkylation sites (tertiary alicyclic amines) is 1. The summed E-state index contributed by atoms with van der Waals surface area (Å²) in [7, 11) is 0. The highest BCUT2D eigenvalue weighted by molar-refractivity contribution is 5.80. The fourth-order valence-electron chi connectivity index (χ4n) is 3.70. The molecular formula is C19H25NO4. The number of carbonyl (C=O) groups excluding carboxylic acids is 1. The fraction of sp³-hybridized carbons (Fsp3) is 0.579. The van der Waals surface area contributed by atoms with Crippen molar-refractivity contribution < 1.29 is 19.4 Å². The average Bonchev–Trinajstić information content (AvgIpc) is 2.62. The zero-order chi connectivity index (χ0) is 17.1. The van der Waals surface area contributed by atoms with Crippen molar-refractivity contribution in [1.82, 2.24) is 4.90 Å². The molecule has 130 valence electrons. The molecule has 0 radical (unpaired) electrons. The Bertz CT molecular complexity index is 590. The van der Waals surface area contributed by atoms with Gasteiger partial charge in [-0.3, -0.25) is 9.59 Å². The van der Waals surface area contributed by atoms with Gasteiger partial charge in [0.05, 0.1) is 17.9 Å². The summed E-state index contributed by atoms with van der Waals surface area (Å²) < 4.78 is 5.95. The minimum absolute atomic E-state index is 0.115. The first-order valence-corrected chi connectivity index (χ1v) is 8.76. The largest absolute Gasteiger partial charge is 0.481 e. The number of nitrogens with zero attached hydrogens (tertiary/aromatic N) is 1. The van der Waals surface area contributed by atoms with E-state index in [1.165, 1.54) is 5.56 Å². The van der Waals surface area contributed by atoms with Crippen LogP contribution in [0.1, 0.15) is 42.9 Å².